The molecule has 1 aromatic carbocycles. The molecule has 0 aliphatic heterocycles. The molecule has 1 aromatic heterocycles. The molecule has 1 unspecified atom stereocenters. The number of nitrogens with zero attached hydrogens (tertiary/aromatic N) is 2. The van der Waals surface area contributed by atoms with E-state index in [1.165, 1.54) is 6.20 Å². The summed E-state index contributed by atoms with van der Waals surface area (Å²) in [6, 6.07) is 6.57. The molecule has 0 N–H and O–H groups in total. The largest absolute Gasteiger partial charge is 0.618 e. The molecule has 2 aromatic rings. The van der Waals surface area contributed by atoms with Crippen molar-refractivity contribution in [2.45, 2.75) is 19.1 Å². The number of aromatic nitrogens is 2. The van der Waals surface area contributed by atoms with Gasteiger partial charge in [0.05, 0.1) is 0 Å². The van der Waals surface area contributed by atoms with E-state index in [1.54, 1.807) is 24.3 Å². The Morgan fingerprint density at radius 1 is 1.17 bits per heavy atom. The molecule has 0 amide bonds. The van der Waals surface area contributed by atoms with Gasteiger partial charge in [0.25, 0.3) is 17.2 Å². The van der Waals surface area contributed by atoms with E-state index in [-0.39, 0.29) is 11.4 Å². The van der Waals surface area contributed by atoms with Gasteiger partial charge in [-0.25, -0.2) is 0 Å². The standard InChI is InChI=1S/C12H14N2O3S/c1-2-7-18(17)9-10-8-13(15)11-5-3-4-6-12(11)14(10)16/h3-6,8H,2,7,9H2,1H3. The summed E-state index contributed by atoms with van der Waals surface area (Å²) in [5, 5.41) is 23.8. The Morgan fingerprint density at radius 3 is 2.50 bits per heavy atom. The van der Waals surface area contributed by atoms with Crippen molar-refractivity contribution in [2.24, 2.45) is 0 Å². The van der Waals surface area contributed by atoms with E-state index in [0.29, 0.717) is 26.2 Å². The van der Waals surface area contributed by atoms with Crippen LogP contribution in [0.4, 0.5) is 0 Å². The lowest BCUT2D eigenvalue weighted by Gasteiger charge is -2.10. The quantitative estimate of drug-likeness (QED) is 0.466. The van der Waals surface area contributed by atoms with Crippen molar-refractivity contribution in [3.63, 3.8) is 0 Å². The van der Waals surface area contributed by atoms with Crippen molar-refractivity contribution in [2.75, 3.05) is 5.75 Å². The average Bonchev–Trinajstić information content (AvgIpc) is 2.36. The molecule has 0 spiro atoms. The van der Waals surface area contributed by atoms with Gasteiger partial charge in [-0.15, -0.1) is 0 Å². The van der Waals surface area contributed by atoms with Crippen molar-refractivity contribution in [3.8, 4) is 0 Å². The molecule has 5 nitrogen and oxygen atoms in total. The Morgan fingerprint density at radius 2 is 1.83 bits per heavy atom. The third kappa shape index (κ3) is 2.49. The molecule has 1 atom stereocenters. The summed E-state index contributed by atoms with van der Waals surface area (Å²) in [5.74, 6) is 0.649. The van der Waals surface area contributed by atoms with Crippen molar-refractivity contribution in [1.82, 2.24) is 0 Å². The highest BCUT2D eigenvalue weighted by molar-refractivity contribution is 7.90. The number of benzene rings is 1. The topological polar surface area (TPSA) is 76.9 Å². The molecule has 96 valence electrons. The van der Waals surface area contributed by atoms with Gasteiger partial charge in [0.1, 0.15) is 5.75 Å². The fraction of sp³-hybridized carbons (Fsp3) is 0.333. The summed E-state index contributed by atoms with van der Waals surface area (Å²) < 4.78 is 13.0. The van der Waals surface area contributed by atoms with Gasteiger partial charge in [-0.2, -0.15) is 9.46 Å². The van der Waals surface area contributed by atoms with Gasteiger partial charge < -0.3 is 15.0 Å². The molecule has 2 rings (SSSR count). The highest BCUT2D eigenvalue weighted by Crippen LogP contribution is 2.08. The van der Waals surface area contributed by atoms with Gasteiger partial charge in [-0.1, -0.05) is 19.1 Å². The van der Waals surface area contributed by atoms with Gasteiger partial charge in [0.15, 0.2) is 5.75 Å². The van der Waals surface area contributed by atoms with Gasteiger partial charge in [0.2, 0.25) is 0 Å². The normalized spacial score (nSPS) is 12.8. The Kier molecular flexibility index (Phi) is 3.88. The van der Waals surface area contributed by atoms with Crippen LogP contribution in [0.2, 0.25) is 0 Å². The monoisotopic (exact) mass is 266 g/mol. The maximum absolute atomic E-state index is 12.1. The lowest BCUT2D eigenvalue weighted by atomic mass is 10.3. The first-order chi connectivity index (χ1) is 8.63. The minimum absolute atomic E-state index is 0.115. The van der Waals surface area contributed by atoms with Crippen LogP contribution in [0.1, 0.15) is 19.0 Å². The van der Waals surface area contributed by atoms with E-state index in [1.807, 2.05) is 6.92 Å². The fourth-order valence-electron chi connectivity index (χ4n) is 1.79. The number of hydrogen-bond donors (Lipinski definition) is 0. The number of fused-ring (bicyclic) bond motifs is 1. The molecular weight excluding hydrogens is 252 g/mol. The number of rotatable bonds is 4. The maximum atomic E-state index is 12.1. The minimum Gasteiger partial charge on any atom is -0.618 e. The van der Waals surface area contributed by atoms with Crippen LogP contribution >= 0.6 is 0 Å². The first-order valence-electron chi connectivity index (χ1n) is 5.71. The zero-order valence-corrected chi connectivity index (χ0v) is 10.9. The third-order valence-corrected chi connectivity index (χ3v) is 4.09. The smallest absolute Gasteiger partial charge is 0.308 e. The maximum Gasteiger partial charge on any atom is 0.308 e. The minimum atomic E-state index is -1.11. The summed E-state index contributed by atoms with van der Waals surface area (Å²) in [7, 11) is 0. The summed E-state index contributed by atoms with van der Waals surface area (Å²) >= 11 is -1.11. The molecular formula is C12H14N2O3S. The fourth-order valence-corrected chi connectivity index (χ4v) is 2.92. The van der Waals surface area contributed by atoms with Gasteiger partial charge in [-0.3, -0.25) is 0 Å². The first-order valence-corrected chi connectivity index (χ1v) is 7.20. The molecule has 0 bridgehead atoms. The predicted molar refractivity (Wildman–Crippen MR) is 68.9 cm³/mol. The van der Waals surface area contributed by atoms with E-state index >= 15 is 0 Å². The van der Waals surface area contributed by atoms with E-state index in [0.717, 1.165) is 6.42 Å². The van der Waals surface area contributed by atoms with E-state index in [2.05, 4.69) is 0 Å². The summed E-state index contributed by atoms with van der Waals surface area (Å²) in [6.07, 6.45) is 2.00. The van der Waals surface area contributed by atoms with Crippen LogP contribution in [-0.2, 0) is 16.9 Å². The van der Waals surface area contributed by atoms with Gasteiger partial charge in [-0.05, 0) is 17.6 Å². The van der Waals surface area contributed by atoms with E-state index < -0.39 is 11.2 Å². The van der Waals surface area contributed by atoms with Gasteiger partial charge in [0, 0.05) is 12.1 Å². The predicted octanol–water partition coefficient (Wildman–Crippen LogP) is 0.765. The zero-order chi connectivity index (χ0) is 13.1. The van der Waals surface area contributed by atoms with Crippen LogP contribution in [0, 0.1) is 10.4 Å². The van der Waals surface area contributed by atoms with Crippen LogP contribution in [0.5, 0.6) is 0 Å². The van der Waals surface area contributed by atoms with Crippen molar-refractivity contribution in [3.05, 3.63) is 46.6 Å². The van der Waals surface area contributed by atoms with Crippen LogP contribution < -0.4 is 9.46 Å². The summed E-state index contributed by atoms with van der Waals surface area (Å²) in [6.45, 7) is 1.93. The van der Waals surface area contributed by atoms with Crippen LogP contribution in [0.25, 0.3) is 11.0 Å². The first kappa shape index (κ1) is 12.9. The Balaban J connectivity index is 2.43. The molecule has 0 saturated heterocycles. The Hall–Kier alpha value is -1.53. The van der Waals surface area contributed by atoms with Crippen molar-refractivity contribution >= 4 is 22.2 Å². The lowest BCUT2D eigenvalue weighted by molar-refractivity contribution is -0.634. The Labute approximate surface area is 108 Å². The lowest BCUT2D eigenvalue weighted by Crippen LogP contribution is -2.42. The number of para-hydroxylation sites is 2. The molecule has 0 radical (unpaired) electrons. The molecule has 0 aliphatic carbocycles. The molecule has 18 heavy (non-hydrogen) atoms. The second-order valence-corrected chi connectivity index (χ2v) is 5.59. The highest BCUT2D eigenvalue weighted by atomic mass is 32.2. The molecule has 6 heteroatoms. The average molecular weight is 266 g/mol. The van der Waals surface area contributed by atoms with E-state index in [4.69, 9.17) is 0 Å². The van der Waals surface area contributed by atoms with Crippen molar-refractivity contribution in [1.29, 1.82) is 0 Å². The third-order valence-electron chi connectivity index (χ3n) is 2.61. The van der Waals surface area contributed by atoms with Crippen LogP contribution in [-0.4, -0.2) is 10.3 Å². The molecule has 1 heterocycles. The molecule has 0 fully saturated rings. The van der Waals surface area contributed by atoms with Crippen LogP contribution in [0.3, 0.4) is 0 Å². The summed E-state index contributed by atoms with van der Waals surface area (Å²) in [4.78, 5) is 0. The number of hydrogen-bond acceptors (Lipinski definition) is 3. The van der Waals surface area contributed by atoms with Gasteiger partial charge >= 0.3 is 5.69 Å². The molecule has 0 saturated carbocycles. The van der Waals surface area contributed by atoms with Crippen LogP contribution in [0.15, 0.2) is 30.5 Å². The second kappa shape index (κ2) is 5.41. The molecule has 0 aliphatic rings. The summed E-state index contributed by atoms with van der Waals surface area (Å²) in [5.41, 5.74) is 0.867. The SMILES string of the molecule is CCC[S+]([O-])Cc1c[n+]([O-])c2ccccc2[n+]1[O-]. The second-order valence-electron chi connectivity index (χ2n) is 4.02. The highest BCUT2D eigenvalue weighted by Gasteiger charge is 2.22. The Bertz CT molecular complexity index is 562. The van der Waals surface area contributed by atoms with Crippen molar-refractivity contribution < 1.29 is 14.0 Å². The zero-order valence-electron chi connectivity index (χ0n) is 10.0. The van der Waals surface area contributed by atoms with E-state index in [9.17, 15) is 15.0 Å².